The van der Waals surface area contributed by atoms with Crippen LogP contribution in [0.3, 0.4) is 0 Å². The molecule has 80 valence electrons. The molecule has 0 aliphatic heterocycles. The van der Waals surface area contributed by atoms with Gasteiger partial charge in [0.05, 0.1) is 5.92 Å². The molecule has 0 aliphatic carbocycles. The Hall–Kier alpha value is -1.29. The Labute approximate surface area is 92.5 Å². The molecule has 0 saturated carbocycles. The van der Waals surface area contributed by atoms with E-state index in [1.54, 1.807) is 31.2 Å². The maximum atomic E-state index is 11.0. The summed E-state index contributed by atoms with van der Waals surface area (Å²) in [5, 5.41) is 8.86. The van der Waals surface area contributed by atoms with Gasteiger partial charge in [-0.2, -0.15) is 0 Å². The highest BCUT2D eigenvalue weighted by molar-refractivity contribution is 8.13. The van der Waals surface area contributed by atoms with Crippen LogP contribution in [0.1, 0.15) is 25.3 Å². The molecule has 1 N–H and O–H groups in total. The first-order valence-electron chi connectivity index (χ1n) is 4.52. The van der Waals surface area contributed by atoms with Gasteiger partial charge in [0.2, 0.25) is 0 Å². The minimum atomic E-state index is -0.883. The van der Waals surface area contributed by atoms with Crippen LogP contribution in [0.15, 0.2) is 29.2 Å². The molecule has 0 heterocycles. The van der Waals surface area contributed by atoms with E-state index in [0.29, 0.717) is 5.56 Å². The van der Waals surface area contributed by atoms with Gasteiger partial charge in [-0.3, -0.25) is 9.59 Å². The minimum absolute atomic E-state index is 0.0416. The van der Waals surface area contributed by atoms with E-state index in [0.717, 1.165) is 16.7 Å². The fraction of sp³-hybridized carbons (Fsp3) is 0.273. The molecule has 0 radical (unpaired) electrons. The number of hydrogen-bond acceptors (Lipinski definition) is 3. The number of rotatable bonds is 3. The van der Waals surface area contributed by atoms with E-state index in [2.05, 4.69) is 0 Å². The Bertz CT molecular complexity index is 387. The second kappa shape index (κ2) is 4.98. The van der Waals surface area contributed by atoms with Gasteiger partial charge in [-0.25, -0.2) is 0 Å². The van der Waals surface area contributed by atoms with E-state index in [4.69, 9.17) is 5.11 Å². The number of aliphatic carboxylic acids is 1. The number of carboxylic acids is 1. The summed E-state index contributed by atoms with van der Waals surface area (Å²) < 4.78 is 0. The molecule has 0 amide bonds. The fourth-order valence-electron chi connectivity index (χ4n) is 1.22. The first-order valence-corrected chi connectivity index (χ1v) is 5.34. The van der Waals surface area contributed by atoms with Gasteiger partial charge in [-0.15, -0.1) is 0 Å². The third-order valence-corrected chi connectivity index (χ3v) is 2.89. The van der Waals surface area contributed by atoms with Crippen LogP contribution in [-0.2, 0) is 9.59 Å². The molecule has 0 aliphatic rings. The van der Waals surface area contributed by atoms with Gasteiger partial charge in [0.15, 0.2) is 5.12 Å². The Balaban J connectivity index is 3.05. The quantitative estimate of drug-likeness (QED) is 0.801. The summed E-state index contributed by atoms with van der Waals surface area (Å²) in [7, 11) is 0. The van der Waals surface area contributed by atoms with Crippen LogP contribution >= 0.6 is 11.8 Å². The van der Waals surface area contributed by atoms with Crippen molar-refractivity contribution in [3.05, 3.63) is 29.8 Å². The molecule has 1 aromatic rings. The molecule has 0 bridgehead atoms. The monoisotopic (exact) mass is 224 g/mol. The zero-order valence-electron chi connectivity index (χ0n) is 8.56. The Morgan fingerprint density at radius 3 is 2.47 bits per heavy atom. The molecular formula is C11H12O3S. The van der Waals surface area contributed by atoms with Crippen molar-refractivity contribution in [1.82, 2.24) is 0 Å². The first kappa shape index (κ1) is 11.8. The molecule has 4 heteroatoms. The van der Waals surface area contributed by atoms with E-state index in [9.17, 15) is 9.59 Å². The van der Waals surface area contributed by atoms with E-state index in [1.807, 2.05) is 0 Å². The molecule has 15 heavy (non-hydrogen) atoms. The lowest BCUT2D eigenvalue weighted by atomic mass is 10.0. The summed E-state index contributed by atoms with van der Waals surface area (Å²) >= 11 is 1.07. The zero-order chi connectivity index (χ0) is 11.4. The summed E-state index contributed by atoms with van der Waals surface area (Å²) in [5.74, 6) is -1.47. The van der Waals surface area contributed by atoms with Crippen molar-refractivity contribution in [1.29, 1.82) is 0 Å². The number of hydrogen-bond donors (Lipinski definition) is 1. The van der Waals surface area contributed by atoms with Crippen LogP contribution in [0, 0.1) is 0 Å². The lowest BCUT2D eigenvalue weighted by molar-refractivity contribution is -0.138. The maximum Gasteiger partial charge on any atom is 0.310 e. The number of thioether (sulfide) groups is 1. The van der Waals surface area contributed by atoms with Crippen LogP contribution < -0.4 is 0 Å². The van der Waals surface area contributed by atoms with Gasteiger partial charge in [0.1, 0.15) is 0 Å². The van der Waals surface area contributed by atoms with Crippen molar-refractivity contribution in [3.63, 3.8) is 0 Å². The highest BCUT2D eigenvalue weighted by Gasteiger charge is 2.17. The van der Waals surface area contributed by atoms with Gasteiger partial charge < -0.3 is 5.11 Å². The third-order valence-electron chi connectivity index (χ3n) is 2.01. The number of carboxylic acid groups (broad SMARTS) is 1. The van der Waals surface area contributed by atoms with Crippen molar-refractivity contribution in [2.75, 3.05) is 0 Å². The van der Waals surface area contributed by atoms with Gasteiger partial charge >= 0.3 is 5.97 Å². The molecule has 0 saturated heterocycles. The summed E-state index contributed by atoms with van der Waals surface area (Å²) in [6.07, 6.45) is 0. The van der Waals surface area contributed by atoms with Gasteiger partial charge in [0.25, 0.3) is 0 Å². The normalized spacial score (nSPS) is 12.1. The fourth-order valence-corrected chi connectivity index (χ4v) is 2.04. The molecule has 1 atom stereocenters. The molecule has 1 aromatic carbocycles. The molecule has 0 unspecified atom stereocenters. The summed E-state index contributed by atoms with van der Waals surface area (Å²) in [4.78, 5) is 22.5. The van der Waals surface area contributed by atoms with E-state index in [-0.39, 0.29) is 5.12 Å². The largest absolute Gasteiger partial charge is 0.481 e. The second-order valence-corrected chi connectivity index (χ2v) is 4.41. The predicted molar refractivity (Wildman–Crippen MR) is 59.0 cm³/mol. The van der Waals surface area contributed by atoms with Crippen LogP contribution in [0.25, 0.3) is 0 Å². The average molecular weight is 224 g/mol. The number of benzene rings is 1. The SMILES string of the molecule is CC(=O)Sc1ccccc1[C@H](C)C(=O)O. The molecule has 0 spiro atoms. The van der Waals surface area contributed by atoms with Gasteiger partial charge in [-0.1, -0.05) is 30.0 Å². The summed E-state index contributed by atoms with van der Waals surface area (Å²) in [5.41, 5.74) is 0.685. The summed E-state index contributed by atoms with van der Waals surface area (Å²) in [6, 6.07) is 7.08. The number of carbonyl (C=O) groups is 2. The van der Waals surface area contributed by atoms with Gasteiger partial charge in [-0.05, 0) is 18.6 Å². The molecule has 1 rings (SSSR count). The average Bonchev–Trinajstić information content (AvgIpc) is 2.16. The lowest BCUT2D eigenvalue weighted by Crippen LogP contribution is -2.08. The highest BCUT2D eigenvalue weighted by atomic mass is 32.2. The lowest BCUT2D eigenvalue weighted by Gasteiger charge is -2.10. The molecule has 0 fully saturated rings. The maximum absolute atomic E-state index is 11.0. The van der Waals surface area contributed by atoms with E-state index >= 15 is 0 Å². The highest BCUT2D eigenvalue weighted by Crippen LogP contribution is 2.28. The van der Waals surface area contributed by atoms with Crippen LogP contribution in [0.5, 0.6) is 0 Å². The molecular weight excluding hydrogens is 212 g/mol. The van der Waals surface area contributed by atoms with Crippen molar-refractivity contribution in [3.8, 4) is 0 Å². The standard InChI is InChI=1S/C11H12O3S/c1-7(11(13)14)9-5-3-4-6-10(9)15-8(2)12/h3-7H,1-2H3,(H,13,14)/t7-/m0/s1. The first-order chi connectivity index (χ1) is 7.02. The van der Waals surface area contributed by atoms with Gasteiger partial charge in [0, 0.05) is 11.8 Å². The Morgan fingerprint density at radius 1 is 1.33 bits per heavy atom. The zero-order valence-corrected chi connectivity index (χ0v) is 9.38. The van der Waals surface area contributed by atoms with E-state index < -0.39 is 11.9 Å². The van der Waals surface area contributed by atoms with Crippen LogP contribution in [0.2, 0.25) is 0 Å². The topological polar surface area (TPSA) is 54.4 Å². The Morgan fingerprint density at radius 2 is 1.93 bits per heavy atom. The molecule has 3 nitrogen and oxygen atoms in total. The third kappa shape index (κ3) is 3.09. The van der Waals surface area contributed by atoms with Crippen LogP contribution in [-0.4, -0.2) is 16.2 Å². The van der Waals surface area contributed by atoms with Crippen molar-refractivity contribution >= 4 is 22.8 Å². The van der Waals surface area contributed by atoms with Crippen molar-refractivity contribution < 1.29 is 14.7 Å². The van der Waals surface area contributed by atoms with Crippen molar-refractivity contribution in [2.24, 2.45) is 0 Å². The molecule has 0 aromatic heterocycles. The Kier molecular flexibility index (Phi) is 3.91. The predicted octanol–water partition coefficient (Wildman–Crippen LogP) is 2.51. The minimum Gasteiger partial charge on any atom is -0.481 e. The summed E-state index contributed by atoms with van der Waals surface area (Å²) in [6.45, 7) is 3.08. The van der Waals surface area contributed by atoms with Crippen LogP contribution in [0.4, 0.5) is 0 Å². The van der Waals surface area contributed by atoms with E-state index in [1.165, 1.54) is 6.92 Å². The second-order valence-electron chi connectivity index (χ2n) is 3.19. The smallest absolute Gasteiger partial charge is 0.310 e. The number of carbonyl (C=O) groups excluding carboxylic acids is 1. The van der Waals surface area contributed by atoms with Crippen molar-refractivity contribution in [2.45, 2.75) is 24.7 Å².